The van der Waals surface area contributed by atoms with E-state index < -0.39 is 17.7 Å². The summed E-state index contributed by atoms with van der Waals surface area (Å²) in [5, 5.41) is 10.7. The Bertz CT molecular complexity index is 397. The van der Waals surface area contributed by atoms with Gasteiger partial charge in [-0.25, -0.2) is 4.39 Å². The van der Waals surface area contributed by atoms with Crippen molar-refractivity contribution >= 4 is 17.6 Å². The minimum absolute atomic E-state index is 0.109. The van der Waals surface area contributed by atoms with Gasteiger partial charge in [0.05, 0.1) is 12.1 Å². The zero-order valence-electron chi connectivity index (χ0n) is 8.79. The first kappa shape index (κ1) is 12.2. The van der Waals surface area contributed by atoms with Crippen LogP contribution in [0.2, 0.25) is 0 Å². The lowest BCUT2D eigenvalue weighted by atomic mass is 10.2. The second-order valence-electron chi connectivity index (χ2n) is 3.37. The number of carbonyl (C=O) groups is 2. The van der Waals surface area contributed by atoms with Crippen molar-refractivity contribution in [3.05, 3.63) is 29.6 Å². The Hall–Kier alpha value is -1.91. The third-order valence-electron chi connectivity index (χ3n) is 2.05. The van der Waals surface area contributed by atoms with E-state index in [0.29, 0.717) is 5.56 Å². The molecule has 5 heteroatoms. The molecule has 86 valence electrons. The lowest BCUT2D eigenvalue weighted by molar-refractivity contribution is -0.138. The van der Waals surface area contributed by atoms with Crippen LogP contribution < -0.4 is 5.32 Å². The van der Waals surface area contributed by atoms with E-state index in [1.165, 1.54) is 12.1 Å². The van der Waals surface area contributed by atoms with Crippen LogP contribution in [0.15, 0.2) is 18.2 Å². The fraction of sp³-hybridized carbons (Fsp3) is 0.273. The van der Waals surface area contributed by atoms with Gasteiger partial charge < -0.3 is 10.4 Å². The average Bonchev–Trinajstić information content (AvgIpc) is 2.21. The molecule has 1 rings (SSSR count). The summed E-state index contributed by atoms with van der Waals surface area (Å²) in [5.74, 6) is -2.08. The summed E-state index contributed by atoms with van der Waals surface area (Å²) in [5.41, 5.74) is 0.710. The quantitative estimate of drug-likeness (QED) is 0.822. The number of aryl methyl sites for hydroxylation is 1. The van der Waals surface area contributed by atoms with Gasteiger partial charge >= 0.3 is 5.97 Å². The second-order valence-corrected chi connectivity index (χ2v) is 3.37. The van der Waals surface area contributed by atoms with E-state index in [-0.39, 0.29) is 18.5 Å². The lowest BCUT2D eigenvalue weighted by Gasteiger charge is -2.08. The molecule has 0 saturated heterocycles. The number of carboxylic acids is 1. The third-order valence-corrected chi connectivity index (χ3v) is 2.05. The highest BCUT2D eigenvalue weighted by atomic mass is 19.1. The summed E-state index contributed by atoms with van der Waals surface area (Å²) in [4.78, 5) is 21.5. The molecule has 0 aliphatic carbocycles. The van der Waals surface area contributed by atoms with Gasteiger partial charge in [-0.15, -0.1) is 0 Å². The Balaban J connectivity index is 2.66. The maximum atomic E-state index is 13.3. The third kappa shape index (κ3) is 3.34. The van der Waals surface area contributed by atoms with Crippen molar-refractivity contribution in [2.75, 3.05) is 5.32 Å². The van der Waals surface area contributed by atoms with Crippen molar-refractivity contribution in [3.63, 3.8) is 0 Å². The van der Waals surface area contributed by atoms with E-state index in [0.717, 1.165) is 0 Å². The molecule has 4 nitrogen and oxygen atoms in total. The fourth-order valence-corrected chi connectivity index (χ4v) is 1.21. The van der Waals surface area contributed by atoms with Gasteiger partial charge in [0.1, 0.15) is 5.82 Å². The number of halogens is 1. The number of hydrogen-bond acceptors (Lipinski definition) is 2. The first-order chi connectivity index (χ1) is 7.50. The summed E-state index contributed by atoms with van der Waals surface area (Å²) in [6.45, 7) is 1.66. The number of amides is 1. The highest BCUT2D eigenvalue weighted by Crippen LogP contribution is 2.18. The van der Waals surface area contributed by atoms with Crippen LogP contribution in [0.3, 0.4) is 0 Å². The number of carbonyl (C=O) groups excluding carboxylic acids is 1. The number of carboxylic acid groups (broad SMARTS) is 1. The number of para-hydroxylation sites is 1. The van der Waals surface area contributed by atoms with Crippen LogP contribution in [-0.4, -0.2) is 17.0 Å². The normalized spacial score (nSPS) is 9.88. The molecule has 2 N–H and O–H groups in total. The van der Waals surface area contributed by atoms with Gasteiger partial charge in [-0.2, -0.15) is 0 Å². The molecule has 0 radical (unpaired) electrons. The highest BCUT2D eigenvalue weighted by molar-refractivity contribution is 5.93. The van der Waals surface area contributed by atoms with Crippen LogP contribution in [0.4, 0.5) is 10.1 Å². The predicted octanol–water partition coefficient (Wildman–Crippen LogP) is 1.94. The SMILES string of the molecule is Cc1cccc(F)c1NC(=O)CCC(=O)O. The topological polar surface area (TPSA) is 66.4 Å². The molecular weight excluding hydrogens is 213 g/mol. The highest BCUT2D eigenvalue weighted by Gasteiger charge is 2.10. The maximum Gasteiger partial charge on any atom is 0.303 e. The smallest absolute Gasteiger partial charge is 0.303 e. The molecule has 0 fully saturated rings. The Morgan fingerprint density at radius 3 is 2.62 bits per heavy atom. The van der Waals surface area contributed by atoms with Crippen LogP contribution in [0.25, 0.3) is 0 Å². The number of anilines is 1. The largest absolute Gasteiger partial charge is 0.481 e. The van der Waals surface area contributed by atoms with Gasteiger partial charge in [0, 0.05) is 6.42 Å². The molecular formula is C11H12FNO3. The van der Waals surface area contributed by atoms with E-state index in [1.807, 2.05) is 0 Å². The van der Waals surface area contributed by atoms with Gasteiger partial charge in [-0.05, 0) is 18.6 Å². The summed E-state index contributed by atoms with van der Waals surface area (Å²) in [6, 6.07) is 4.44. The van der Waals surface area contributed by atoms with Crippen molar-refractivity contribution in [1.82, 2.24) is 0 Å². The molecule has 0 aromatic heterocycles. The zero-order chi connectivity index (χ0) is 12.1. The molecule has 1 aromatic rings. The van der Waals surface area contributed by atoms with Crippen molar-refractivity contribution in [2.45, 2.75) is 19.8 Å². The van der Waals surface area contributed by atoms with E-state index in [1.54, 1.807) is 13.0 Å². The van der Waals surface area contributed by atoms with Crippen LogP contribution in [0.1, 0.15) is 18.4 Å². The van der Waals surface area contributed by atoms with Gasteiger partial charge in [0.2, 0.25) is 5.91 Å². The second kappa shape index (κ2) is 5.25. The number of benzene rings is 1. The van der Waals surface area contributed by atoms with Crippen molar-refractivity contribution in [1.29, 1.82) is 0 Å². The molecule has 1 aromatic carbocycles. The maximum absolute atomic E-state index is 13.3. The summed E-state index contributed by atoms with van der Waals surface area (Å²) < 4.78 is 13.3. The Kier molecular flexibility index (Phi) is 3.99. The van der Waals surface area contributed by atoms with Gasteiger partial charge in [0.25, 0.3) is 0 Å². The number of aliphatic carboxylic acids is 1. The molecule has 0 heterocycles. The summed E-state index contributed by atoms with van der Waals surface area (Å²) in [6.07, 6.45) is -0.428. The van der Waals surface area contributed by atoms with Crippen molar-refractivity contribution in [3.8, 4) is 0 Å². The first-order valence-electron chi connectivity index (χ1n) is 4.77. The van der Waals surface area contributed by atoms with E-state index in [4.69, 9.17) is 5.11 Å². The fourth-order valence-electron chi connectivity index (χ4n) is 1.21. The average molecular weight is 225 g/mol. The van der Waals surface area contributed by atoms with Gasteiger partial charge in [-0.3, -0.25) is 9.59 Å². The molecule has 1 amide bonds. The lowest BCUT2D eigenvalue weighted by Crippen LogP contribution is -2.15. The van der Waals surface area contributed by atoms with Crippen LogP contribution in [0, 0.1) is 12.7 Å². The van der Waals surface area contributed by atoms with Crippen LogP contribution in [0.5, 0.6) is 0 Å². The summed E-state index contributed by atoms with van der Waals surface area (Å²) in [7, 11) is 0. The molecule has 16 heavy (non-hydrogen) atoms. The van der Waals surface area contributed by atoms with E-state index >= 15 is 0 Å². The van der Waals surface area contributed by atoms with Crippen molar-refractivity contribution < 1.29 is 19.1 Å². The number of rotatable bonds is 4. The predicted molar refractivity (Wildman–Crippen MR) is 56.6 cm³/mol. The minimum Gasteiger partial charge on any atom is -0.481 e. The Labute approximate surface area is 92.1 Å². The Morgan fingerprint density at radius 2 is 2.06 bits per heavy atom. The molecule has 0 aliphatic rings. The van der Waals surface area contributed by atoms with Crippen LogP contribution in [-0.2, 0) is 9.59 Å². The number of nitrogens with one attached hydrogen (secondary N) is 1. The number of hydrogen-bond donors (Lipinski definition) is 2. The molecule has 0 bridgehead atoms. The first-order valence-corrected chi connectivity index (χ1v) is 4.77. The standard InChI is InChI=1S/C11H12FNO3/c1-7-3-2-4-8(12)11(7)13-9(14)5-6-10(15)16/h2-4H,5-6H2,1H3,(H,13,14)(H,15,16). The minimum atomic E-state index is -1.06. The molecule has 0 aliphatic heterocycles. The molecule has 0 atom stereocenters. The molecule has 0 saturated carbocycles. The van der Waals surface area contributed by atoms with E-state index in [9.17, 15) is 14.0 Å². The van der Waals surface area contributed by atoms with Gasteiger partial charge in [-0.1, -0.05) is 12.1 Å². The van der Waals surface area contributed by atoms with Gasteiger partial charge in [0.15, 0.2) is 0 Å². The summed E-state index contributed by atoms with van der Waals surface area (Å²) >= 11 is 0. The molecule has 0 unspecified atom stereocenters. The van der Waals surface area contributed by atoms with Crippen LogP contribution >= 0.6 is 0 Å². The monoisotopic (exact) mass is 225 g/mol. The van der Waals surface area contributed by atoms with Crippen molar-refractivity contribution in [2.24, 2.45) is 0 Å². The Morgan fingerprint density at radius 1 is 1.38 bits per heavy atom. The van der Waals surface area contributed by atoms with E-state index in [2.05, 4.69) is 5.32 Å². The molecule has 0 spiro atoms. The zero-order valence-corrected chi connectivity index (χ0v) is 8.79.